The van der Waals surface area contributed by atoms with Crippen LogP contribution in [0.1, 0.15) is 0 Å². The highest BCUT2D eigenvalue weighted by Crippen LogP contribution is 2.46. The van der Waals surface area contributed by atoms with Crippen molar-refractivity contribution >= 4 is 77.2 Å². The van der Waals surface area contributed by atoms with Crippen LogP contribution in [0.3, 0.4) is 0 Å². The zero-order chi connectivity index (χ0) is 20.5. The standard InChI is InChI=1S/C28H17IN2/c29-31-24-17-9-7-15-22(24)26-25-21-14-6-8-16-23(21)30(18-10-2-1-3-11-18)27(25)19-12-4-5-13-20(19)28(26)31/h1-17H. The molecule has 0 bridgehead atoms. The largest absolute Gasteiger partial charge is 0.309 e. The van der Waals surface area contributed by atoms with Gasteiger partial charge in [-0.1, -0.05) is 78.9 Å². The third-order valence-corrected chi connectivity index (χ3v) is 7.40. The first-order chi connectivity index (χ1) is 15.3. The van der Waals surface area contributed by atoms with Gasteiger partial charge in [0.1, 0.15) is 0 Å². The molecule has 0 amide bonds. The lowest BCUT2D eigenvalue weighted by Crippen LogP contribution is -1.94. The summed E-state index contributed by atoms with van der Waals surface area (Å²) in [5.74, 6) is 0. The summed E-state index contributed by atoms with van der Waals surface area (Å²) in [4.78, 5) is 0. The summed E-state index contributed by atoms with van der Waals surface area (Å²) >= 11 is 2.46. The molecule has 2 aromatic heterocycles. The van der Waals surface area contributed by atoms with Crippen molar-refractivity contribution in [3.8, 4) is 5.69 Å². The summed E-state index contributed by atoms with van der Waals surface area (Å²) in [6.45, 7) is 0. The van der Waals surface area contributed by atoms with E-state index in [1.165, 1.54) is 60.1 Å². The van der Waals surface area contributed by atoms with Crippen LogP contribution in [0.15, 0.2) is 103 Å². The van der Waals surface area contributed by atoms with Crippen LogP contribution in [-0.4, -0.2) is 7.35 Å². The maximum absolute atomic E-state index is 2.46. The Bertz CT molecular complexity index is 1790. The third-order valence-electron chi connectivity index (χ3n) is 6.39. The molecule has 146 valence electrons. The van der Waals surface area contributed by atoms with E-state index in [1.807, 2.05) is 0 Å². The van der Waals surface area contributed by atoms with Gasteiger partial charge in [0.2, 0.25) is 0 Å². The number of fused-ring (bicyclic) bond motifs is 10. The number of nitrogens with zero attached hydrogens (tertiary/aromatic N) is 2. The minimum absolute atomic E-state index is 1.19. The molecule has 2 nitrogen and oxygen atoms in total. The Balaban J connectivity index is 1.92. The second-order valence-electron chi connectivity index (χ2n) is 7.98. The van der Waals surface area contributed by atoms with Crippen molar-refractivity contribution in [2.24, 2.45) is 0 Å². The van der Waals surface area contributed by atoms with Crippen molar-refractivity contribution in [2.45, 2.75) is 0 Å². The van der Waals surface area contributed by atoms with E-state index in [1.54, 1.807) is 0 Å². The molecule has 2 heterocycles. The molecule has 7 aromatic rings. The lowest BCUT2D eigenvalue weighted by molar-refractivity contribution is 1.19. The summed E-state index contributed by atoms with van der Waals surface area (Å²) in [6.07, 6.45) is 0. The predicted molar refractivity (Wildman–Crippen MR) is 141 cm³/mol. The number of hydrogen-bond acceptors (Lipinski definition) is 0. The fraction of sp³-hybridized carbons (Fsp3) is 0. The van der Waals surface area contributed by atoms with Gasteiger partial charge in [-0.15, -0.1) is 0 Å². The quantitative estimate of drug-likeness (QED) is 0.198. The summed E-state index contributed by atoms with van der Waals surface area (Å²) in [5.41, 5.74) is 6.26. The van der Waals surface area contributed by atoms with Gasteiger partial charge in [0.05, 0.1) is 44.9 Å². The van der Waals surface area contributed by atoms with E-state index in [9.17, 15) is 0 Å². The van der Waals surface area contributed by atoms with E-state index in [2.05, 4.69) is 133 Å². The molecule has 0 saturated heterocycles. The fourth-order valence-corrected chi connectivity index (χ4v) is 6.11. The van der Waals surface area contributed by atoms with Crippen molar-refractivity contribution in [1.29, 1.82) is 0 Å². The van der Waals surface area contributed by atoms with Gasteiger partial charge in [0.25, 0.3) is 0 Å². The molecule has 0 radical (unpaired) electrons. The third kappa shape index (κ3) is 2.22. The van der Waals surface area contributed by atoms with Gasteiger partial charge < -0.3 is 4.57 Å². The van der Waals surface area contributed by atoms with Gasteiger partial charge in [-0.25, -0.2) is 0 Å². The van der Waals surface area contributed by atoms with Crippen molar-refractivity contribution in [3.63, 3.8) is 0 Å². The van der Waals surface area contributed by atoms with Crippen LogP contribution in [0.25, 0.3) is 60.1 Å². The molecule has 0 fully saturated rings. The molecule has 0 N–H and O–H groups in total. The molecule has 0 aliphatic rings. The second kappa shape index (κ2) is 6.34. The first-order valence-electron chi connectivity index (χ1n) is 10.4. The summed E-state index contributed by atoms with van der Waals surface area (Å²) in [7, 11) is 0. The lowest BCUT2D eigenvalue weighted by Gasteiger charge is -2.11. The average molecular weight is 508 g/mol. The van der Waals surface area contributed by atoms with Crippen LogP contribution < -0.4 is 0 Å². The zero-order valence-corrected chi connectivity index (χ0v) is 18.7. The molecule has 5 aromatic carbocycles. The van der Waals surface area contributed by atoms with Gasteiger partial charge in [0.15, 0.2) is 0 Å². The molecule has 0 spiro atoms. The molecule has 0 atom stereocenters. The van der Waals surface area contributed by atoms with E-state index in [0.29, 0.717) is 0 Å². The molecule has 0 saturated carbocycles. The summed E-state index contributed by atoms with van der Waals surface area (Å²) in [6, 6.07) is 37.1. The highest BCUT2D eigenvalue weighted by atomic mass is 127. The van der Waals surface area contributed by atoms with E-state index in [-0.39, 0.29) is 0 Å². The van der Waals surface area contributed by atoms with E-state index in [0.717, 1.165) is 0 Å². The Morgan fingerprint density at radius 2 is 0.935 bits per heavy atom. The Hall–Kier alpha value is -3.31. The van der Waals surface area contributed by atoms with E-state index >= 15 is 0 Å². The lowest BCUT2D eigenvalue weighted by atomic mass is 9.99. The predicted octanol–water partition coefficient (Wildman–Crippen LogP) is 8.24. The smallest absolute Gasteiger partial charge is 0.0676 e. The van der Waals surface area contributed by atoms with Crippen LogP contribution in [0.4, 0.5) is 0 Å². The van der Waals surface area contributed by atoms with Crippen molar-refractivity contribution < 1.29 is 0 Å². The Labute approximate surface area is 192 Å². The molecule has 0 unspecified atom stereocenters. The number of hydrogen-bond donors (Lipinski definition) is 0. The van der Waals surface area contributed by atoms with Crippen LogP contribution in [0.5, 0.6) is 0 Å². The monoisotopic (exact) mass is 508 g/mol. The first kappa shape index (κ1) is 17.4. The van der Waals surface area contributed by atoms with Crippen molar-refractivity contribution in [3.05, 3.63) is 103 Å². The minimum atomic E-state index is 1.19. The van der Waals surface area contributed by atoms with E-state index in [4.69, 9.17) is 0 Å². The molecule has 3 heteroatoms. The molecule has 0 aliphatic carbocycles. The van der Waals surface area contributed by atoms with Gasteiger partial charge in [-0.3, -0.25) is 2.78 Å². The maximum Gasteiger partial charge on any atom is 0.0676 e. The Kier molecular flexibility index (Phi) is 3.56. The summed E-state index contributed by atoms with van der Waals surface area (Å²) in [5, 5.41) is 7.84. The highest BCUT2D eigenvalue weighted by molar-refractivity contribution is 14.1. The number of rotatable bonds is 1. The van der Waals surface area contributed by atoms with Crippen molar-refractivity contribution in [2.75, 3.05) is 0 Å². The van der Waals surface area contributed by atoms with Gasteiger partial charge in [-0.2, -0.15) is 0 Å². The molecular weight excluding hydrogens is 491 g/mol. The van der Waals surface area contributed by atoms with Gasteiger partial charge in [0, 0.05) is 38.0 Å². The molecular formula is C28H17IN2. The zero-order valence-electron chi connectivity index (χ0n) is 16.6. The SMILES string of the molecule is In1c2ccccc2c2c3c4ccccc4n(-c4ccccc4)c3c3ccccc3c21. The Morgan fingerprint density at radius 3 is 1.65 bits per heavy atom. The normalized spacial score (nSPS) is 12.0. The molecule has 31 heavy (non-hydrogen) atoms. The topological polar surface area (TPSA) is 9.86 Å². The van der Waals surface area contributed by atoms with Crippen LogP contribution >= 0.6 is 22.9 Å². The number of aromatic nitrogens is 2. The summed E-state index contributed by atoms with van der Waals surface area (Å²) < 4.78 is 4.77. The molecule has 0 aliphatic heterocycles. The second-order valence-corrected chi connectivity index (χ2v) is 8.94. The molecule has 7 rings (SSSR count). The van der Waals surface area contributed by atoms with Crippen molar-refractivity contribution in [1.82, 2.24) is 7.35 Å². The highest BCUT2D eigenvalue weighted by Gasteiger charge is 2.22. The minimum Gasteiger partial charge on any atom is -0.309 e. The van der Waals surface area contributed by atoms with Crippen LogP contribution in [0, 0.1) is 0 Å². The fourth-order valence-electron chi connectivity index (χ4n) is 5.19. The Morgan fingerprint density at radius 1 is 0.452 bits per heavy atom. The van der Waals surface area contributed by atoms with E-state index < -0.39 is 0 Å². The number of para-hydroxylation sites is 3. The first-order valence-corrected chi connectivity index (χ1v) is 11.4. The van der Waals surface area contributed by atoms with Gasteiger partial charge in [-0.05, 0) is 24.3 Å². The van der Waals surface area contributed by atoms with Crippen LogP contribution in [-0.2, 0) is 0 Å². The number of halogens is 1. The average Bonchev–Trinajstić information content (AvgIpc) is 3.33. The van der Waals surface area contributed by atoms with Crippen LogP contribution in [0.2, 0.25) is 0 Å². The number of benzene rings is 5. The van der Waals surface area contributed by atoms with Gasteiger partial charge >= 0.3 is 0 Å². The maximum atomic E-state index is 2.46.